The van der Waals surface area contributed by atoms with E-state index in [9.17, 15) is 4.39 Å². The monoisotopic (exact) mass is 224 g/mol. The van der Waals surface area contributed by atoms with Crippen molar-refractivity contribution in [2.45, 2.75) is 27.3 Å². The van der Waals surface area contributed by atoms with Gasteiger partial charge in [-0.1, -0.05) is 32.9 Å². The Labute approximate surface area is 97.3 Å². The lowest BCUT2D eigenvalue weighted by atomic mass is 9.96. The minimum atomic E-state index is -0.332. The predicted octanol–water partition coefficient (Wildman–Crippen LogP) is 2.89. The minimum absolute atomic E-state index is 0.233. The molecule has 0 bridgehead atoms. The Morgan fingerprint density at radius 1 is 1.31 bits per heavy atom. The molecule has 1 aromatic rings. The number of anilines is 1. The first-order chi connectivity index (χ1) is 7.29. The highest BCUT2D eigenvalue weighted by atomic mass is 19.1. The van der Waals surface area contributed by atoms with E-state index in [0.29, 0.717) is 6.54 Å². The number of nitrogen functional groups attached to an aromatic ring is 1. The molecular formula is C13H21FN2. The highest BCUT2D eigenvalue weighted by molar-refractivity contribution is 5.47. The van der Waals surface area contributed by atoms with Gasteiger partial charge in [0.15, 0.2) is 0 Å². The molecule has 0 saturated heterocycles. The van der Waals surface area contributed by atoms with Crippen molar-refractivity contribution < 1.29 is 4.39 Å². The molecule has 0 saturated carbocycles. The molecular weight excluding hydrogens is 203 g/mol. The van der Waals surface area contributed by atoms with Crippen LogP contribution in [-0.4, -0.2) is 18.5 Å². The van der Waals surface area contributed by atoms with Crippen LogP contribution < -0.4 is 5.73 Å². The first-order valence-corrected chi connectivity index (χ1v) is 5.51. The summed E-state index contributed by atoms with van der Waals surface area (Å²) in [5, 5.41) is 0. The van der Waals surface area contributed by atoms with E-state index in [2.05, 4.69) is 25.7 Å². The average molecular weight is 224 g/mol. The molecule has 2 nitrogen and oxygen atoms in total. The number of hydrogen-bond donors (Lipinski definition) is 1. The maximum absolute atomic E-state index is 13.2. The van der Waals surface area contributed by atoms with Gasteiger partial charge >= 0.3 is 0 Å². The van der Waals surface area contributed by atoms with Crippen LogP contribution in [0.3, 0.4) is 0 Å². The Morgan fingerprint density at radius 3 is 2.50 bits per heavy atom. The molecule has 0 spiro atoms. The summed E-state index contributed by atoms with van der Waals surface area (Å²) in [6, 6.07) is 4.96. The standard InChI is InChI=1S/C13H21FN2/c1-13(2,3)9-16(4)8-10-6-5-7-11(14)12(10)15/h5-7H,8-9,15H2,1-4H3. The molecule has 2 N–H and O–H groups in total. The largest absolute Gasteiger partial charge is 0.396 e. The molecule has 3 heteroatoms. The number of rotatable bonds is 3. The van der Waals surface area contributed by atoms with E-state index >= 15 is 0 Å². The molecule has 0 aliphatic heterocycles. The summed E-state index contributed by atoms with van der Waals surface area (Å²) < 4.78 is 13.2. The Bertz CT molecular complexity index is 355. The summed E-state index contributed by atoms with van der Waals surface area (Å²) in [5.41, 5.74) is 7.05. The fraction of sp³-hybridized carbons (Fsp3) is 0.538. The van der Waals surface area contributed by atoms with Crippen molar-refractivity contribution in [3.63, 3.8) is 0 Å². The fourth-order valence-corrected chi connectivity index (χ4v) is 1.88. The maximum Gasteiger partial charge on any atom is 0.146 e. The van der Waals surface area contributed by atoms with Crippen LogP contribution in [0.4, 0.5) is 10.1 Å². The number of para-hydroxylation sites is 1. The van der Waals surface area contributed by atoms with Crippen molar-refractivity contribution in [1.82, 2.24) is 4.90 Å². The molecule has 16 heavy (non-hydrogen) atoms. The third-order valence-corrected chi connectivity index (χ3v) is 2.33. The molecule has 1 rings (SSSR count). The predicted molar refractivity (Wildman–Crippen MR) is 66.6 cm³/mol. The summed E-state index contributed by atoms with van der Waals surface area (Å²) in [5.74, 6) is -0.332. The lowest BCUT2D eigenvalue weighted by Crippen LogP contribution is -2.29. The second-order valence-electron chi connectivity index (χ2n) is 5.55. The van der Waals surface area contributed by atoms with Crippen molar-refractivity contribution in [2.75, 3.05) is 19.3 Å². The summed E-state index contributed by atoms with van der Waals surface area (Å²) >= 11 is 0. The number of nitrogens with zero attached hydrogens (tertiary/aromatic N) is 1. The van der Waals surface area contributed by atoms with E-state index in [1.807, 2.05) is 13.1 Å². The second-order valence-corrected chi connectivity index (χ2v) is 5.55. The van der Waals surface area contributed by atoms with Crippen molar-refractivity contribution in [3.8, 4) is 0 Å². The number of benzene rings is 1. The third-order valence-electron chi connectivity index (χ3n) is 2.33. The molecule has 90 valence electrons. The zero-order valence-electron chi connectivity index (χ0n) is 10.5. The lowest BCUT2D eigenvalue weighted by molar-refractivity contribution is 0.221. The molecule has 1 aromatic carbocycles. The molecule has 0 aliphatic carbocycles. The number of halogens is 1. The summed E-state index contributed by atoms with van der Waals surface area (Å²) in [6.07, 6.45) is 0. The zero-order chi connectivity index (χ0) is 12.3. The Kier molecular flexibility index (Phi) is 3.92. The Hall–Kier alpha value is -1.09. The van der Waals surface area contributed by atoms with Crippen molar-refractivity contribution in [2.24, 2.45) is 5.41 Å². The van der Waals surface area contributed by atoms with Gasteiger partial charge in [0.05, 0.1) is 5.69 Å². The molecule has 0 amide bonds. The smallest absolute Gasteiger partial charge is 0.146 e. The number of nitrogens with two attached hydrogens (primary N) is 1. The molecule has 0 heterocycles. The van der Waals surface area contributed by atoms with Gasteiger partial charge in [0, 0.05) is 13.1 Å². The molecule has 0 aliphatic rings. The quantitative estimate of drug-likeness (QED) is 0.800. The van der Waals surface area contributed by atoms with Crippen LogP contribution in [0, 0.1) is 11.2 Å². The SMILES string of the molecule is CN(Cc1cccc(F)c1N)CC(C)(C)C. The Balaban J connectivity index is 2.70. The third kappa shape index (κ3) is 3.81. The summed E-state index contributed by atoms with van der Waals surface area (Å²) in [6.45, 7) is 8.17. The van der Waals surface area contributed by atoms with E-state index in [4.69, 9.17) is 5.73 Å². The van der Waals surface area contributed by atoms with E-state index in [-0.39, 0.29) is 16.9 Å². The minimum Gasteiger partial charge on any atom is -0.396 e. The number of hydrogen-bond acceptors (Lipinski definition) is 2. The van der Waals surface area contributed by atoms with Gasteiger partial charge in [-0.2, -0.15) is 0 Å². The van der Waals surface area contributed by atoms with Gasteiger partial charge < -0.3 is 10.6 Å². The summed E-state index contributed by atoms with van der Waals surface area (Å²) in [7, 11) is 2.02. The van der Waals surface area contributed by atoms with Crippen LogP contribution in [0.2, 0.25) is 0 Å². The van der Waals surface area contributed by atoms with Crippen molar-refractivity contribution in [3.05, 3.63) is 29.6 Å². The molecule has 0 aromatic heterocycles. The highest BCUT2D eigenvalue weighted by Crippen LogP contribution is 2.20. The molecule has 0 unspecified atom stereocenters. The first kappa shape index (κ1) is 13.0. The molecule has 0 fully saturated rings. The lowest BCUT2D eigenvalue weighted by Gasteiger charge is -2.26. The van der Waals surface area contributed by atoms with Gasteiger partial charge in [0.25, 0.3) is 0 Å². The average Bonchev–Trinajstić information content (AvgIpc) is 2.09. The second kappa shape index (κ2) is 4.83. The maximum atomic E-state index is 13.2. The normalized spacial score (nSPS) is 12.1. The van der Waals surface area contributed by atoms with Crippen molar-refractivity contribution in [1.29, 1.82) is 0 Å². The van der Waals surface area contributed by atoms with Gasteiger partial charge in [-0.05, 0) is 24.1 Å². The first-order valence-electron chi connectivity index (χ1n) is 5.51. The molecule has 0 radical (unpaired) electrons. The fourth-order valence-electron chi connectivity index (χ4n) is 1.88. The van der Waals surface area contributed by atoms with Crippen LogP contribution >= 0.6 is 0 Å². The van der Waals surface area contributed by atoms with Crippen LogP contribution in [0.1, 0.15) is 26.3 Å². The van der Waals surface area contributed by atoms with Gasteiger partial charge in [0.1, 0.15) is 5.82 Å². The highest BCUT2D eigenvalue weighted by Gasteiger charge is 2.14. The van der Waals surface area contributed by atoms with Gasteiger partial charge in [0.2, 0.25) is 0 Å². The van der Waals surface area contributed by atoms with Crippen LogP contribution in [0.25, 0.3) is 0 Å². The topological polar surface area (TPSA) is 29.3 Å². The van der Waals surface area contributed by atoms with Gasteiger partial charge in [-0.25, -0.2) is 4.39 Å². The summed E-state index contributed by atoms with van der Waals surface area (Å²) in [4.78, 5) is 2.16. The van der Waals surface area contributed by atoms with E-state index in [1.165, 1.54) is 6.07 Å². The van der Waals surface area contributed by atoms with Crippen LogP contribution in [-0.2, 0) is 6.54 Å². The zero-order valence-corrected chi connectivity index (χ0v) is 10.5. The van der Waals surface area contributed by atoms with Gasteiger partial charge in [-0.15, -0.1) is 0 Å². The molecule has 0 atom stereocenters. The van der Waals surface area contributed by atoms with E-state index in [0.717, 1.165) is 12.1 Å². The van der Waals surface area contributed by atoms with Crippen LogP contribution in [0.5, 0.6) is 0 Å². The Morgan fingerprint density at radius 2 is 1.94 bits per heavy atom. The van der Waals surface area contributed by atoms with E-state index < -0.39 is 0 Å². The van der Waals surface area contributed by atoms with Crippen LogP contribution in [0.15, 0.2) is 18.2 Å². The van der Waals surface area contributed by atoms with Crippen molar-refractivity contribution >= 4 is 5.69 Å². The van der Waals surface area contributed by atoms with Gasteiger partial charge in [-0.3, -0.25) is 0 Å². The van der Waals surface area contributed by atoms with E-state index in [1.54, 1.807) is 6.07 Å².